The maximum absolute atomic E-state index is 12.1. The molecule has 0 bridgehead atoms. The number of rotatable bonds is 3. The zero-order valence-electron chi connectivity index (χ0n) is 10.2. The first kappa shape index (κ1) is 13.5. The van der Waals surface area contributed by atoms with Crippen LogP contribution >= 0.6 is 11.6 Å². The van der Waals surface area contributed by atoms with Gasteiger partial charge in [0.05, 0.1) is 23.1 Å². The molecule has 1 aromatic carbocycles. The molecule has 4 heteroatoms. The highest BCUT2D eigenvalue weighted by atomic mass is 35.5. The minimum Gasteiger partial charge on any atom is -0.338 e. The third kappa shape index (κ3) is 3.21. The Morgan fingerprint density at radius 3 is 2.76 bits per heavy atom. The number of nitrogens with zero attached hydrogens (tertiary/aromatic N) is 2. The molecule has 90 valence electrons. The van der Waals surface area contributed by atoms with Gasteiger partial charge in [-0.2, -0.15) is 5.26 Å². The number of benzene rings is 1. The minimum atomic E-state index is -0.155. The Morgan fingerprint density at radius 2 is 2.24 bits per heavy atom. The maximum atomic E-state index is 12.1. The lowest BCUT2D eigenvalue weighted by molar-refractivity contribution is 0.0746. The third-order valence-electron chi connectivity index (χ3n) is 2.72. The molecule has 1 amide bonds. The quantitative estimate of drug-likeness (QED) is 0.828. The van der Waals surface area contributed by atoms with Gasteiger partial charge in [-0.3, -0.25) is 4.79 Å². The van der Waals surface area contributed by atoms with Crippen molar-refractivity contribution >= 4 is 17.5 Å². The maximum Gasteiger partial charge on any atom is 0.255 e. The summed E-state index contributed by atoms with van der Waals surface area (Å²) in [6, 6.07) is 7.26. The van der Waals surface area contributed by atoms with Gasteiger partial charge in [-0.05, 0) is 31.5 Å². The van der Waals surface area contributed by atoms with Crippen molar-refractivity contribution in [1.29, 1.82) is 5.26 Å². The highest BCUT2D eigenvalue weighted by Crippen LogP contribution is 2.20. The van der Waals surface area contributed by atoms with E-state index in [0.717, 1.165) is 5.56 Å². The summed E-state index contributed by atoms with van der Waals surface area (Å²) in [7, 11) is 1.68. The number of carbonyl (C=O) groups excluding carboxylic acids is 1. The molecule has 0 spiro atoms. The van der Waals surface area contributed by atoms with E-state index in [-0.39, 0.29) is 11.9 Å². The fourth-order valence-corrected chi connectivity index (χ4v) is 1.77. The van der Waals surface area contributed by atoms with E-state index in [1.54, 1.807) is 24.1 Å². The summed E-state index contributed by atoms with van der Waals surface area (Å²) < 4.78 is 0. The summed E-state index contributed by atoms with van der Waals surface area (Å²) in [6.07, 6.45) is 0.311. The van der Waals surface area contributed by atoms with Crippen LogP contribution in [0.5, 0.6) is 0 Å². The summed E-state index contributed by atoms with van der Waals surface area (Å²) in [4.78, 5) is 13.7. The van der Waals surface area contributed by atoms with Gasteiger partial charge in [0.1, 0.15) is 0 Å². The molecule has 0 N–H and O–H groups in total. The molecule has 17 heavy (non-hydrogen) atoms. The van der Waals surface area contributed by atoms with Gasteiger partial charge >= 0.3 is 0 Å². The molecular formula is C13H15ClN2O. The van der Waals surface area contributed by atoms with E-state index in [0.29, 0.717) is 17.0 Å². The molecule has 0 heterocycles. The second-order valence-corrected chi connectivity index (χ2v) is 4.52. The second-order valence-electron chi connectivity index (χ2n) is 4.11. The average Bonchev–Trinajstić information content (AvgIpc) is 2.27. The zero-order chi connectivity index (χ0) is 13.0. The number of aryl methyl sites for hydroxylation is 1. The zero-order valence-corrected chi connectivity index (χ0v) is 11.0. The Bertz CT molecular complexity index is 465. The lowest BCUT2D eigenvalue weighted by atomic mass is 10.1. The summed E-state index contributed by atoms with van der Waals surface area (Å²) in [5, 5.41) is 9.06. The molecule has 0 saturated heterocycles. The van der Waals surface area contributed by atoms with Gasteiger partial charge < -0.3 is 4.90 Å². The molecular weight excluding hydrogens is 236 g/mol. The molecule has 0 fully saturated rings. The van der Waals surface area contributed by atoms with Gasteiger partial charge in [-0.15, -0.1) is 0 Å². The smallest absolute Gasteiger partial charge is 0.255 e. The summed E-state index contributed by atoms with van der Waals surface area (Å²) in [5.41, 5.74) is 1.49. The van der Waals surface area contributed by atoms with E-state index in [2.05, 4.69) is 6.07 Å². The Kier molecular flexibility index (Phi) is 4.53. The predicted octanol–water partition coefficient (Wildman–Crippen LogP) is 3.02. The lowest BCUT2D eigenvalue weighted by Gasteiger charge is -2.23. The van der Waals surface area contributed by atoms with E-state index in [9.17, 15) is 4.79 Å². The van der Waals surface area contributed by atoms with Crippen molar-refractivity contribution in [1.82, 2.24) is 4.90 Å². The summed E-state index contributed by atoms with van der Waals surface area (Å²) in [6.45, 7) is 3.76. The van der Waals surface area contributed by atoms with E-state index in [4.69, 9.17) is 16.9 Å². The van der Waals surface area contributed by atoms with Crippen molar-refractivity contribution < 1.29 is 4.79 Å². The molecule has 3 nitrogen and oxygen atoms in total. The molecule has 0 aromatic heterocycles. The molecule has 0 saturated carbocycles. The van der Waals surface area contributed by atoms with E-state index >= 15 is 0 Å². The molecule has 0 aliphatic heterocycles. The molecule has 1 rings (SSSR count). The Balaban J connectivity index is 2.93. The molecule has 0 aliphatic carbocycles. The van der Waals surface area contributed by atoms with Crippen LogP contribution in [0.25, 0.3) is 0 Å². The van der Waals surface area contributed by atoms with Crippen molar-refractivity contribution in [3.63, 3.8) is 0 Å². The van der Waals surface area contributed by atoms with E-state index in [1.807, 2.05) is 19.9 Å². The van der Waals surface area contributed by atoms with Gasteiger partial charge in [0.2, 0.25) is 0 Å². The third-order valence-corrected chi connectivity index (χ3v) is 3.04. The number of carbonyl (C=O) groups is 1. The van der Waals surface area contributed by atoms with E-state index in [1.165, 1.54) is 0 Å². The van der Waals surface area contributed by atoms with Crippen molar-refractivity contribution in [3.05, 3.63) is 34.3 Å². The van der Waals surface area contributed by atoms with Crippen molar-refractivity contribution in [2.45, 2.75) is 26.3 Å². The van der Waals surface area contributed by atoms with Gasteiger partial charge in [-0.25, -0.2) is 0 Å². The van der Waals surface area contributed by atoms with Crippen LogP contribution in [-0.4, -0.2) is 23.9 Å². The summed E-state index contributed by atoms with van der Waals surface area (Å²) >= 11 is 6.04. The highest BCUT2D eigenvalue weighted by molar-refractivity contribution is 6.33. The van der Waals surface area contributed by atoms with Crippen molar-refractivity contribution in [3.8, 4) is 6.07 Å². The lowest BCUT2D eigenvalue weighted by Crippen LogP contribution is -2.35. The predicted molar refractivity (Wildman–Crippen MR) is 68.0 cm³/mol. The van der Waals surface area contributed by atoms with Crippen LogP contribution in [0.2, 0.25) is 5.02 Å². The fourth-order valence-electron chi connectivity index (χ4n) is 1.45. The van der Waals surface area contributed by atoms with Gasteiger partial charge in [-0.1, -0.05) is 17.7 Å². The molecule has 1 atom stereocenters. The average molecular weight is 251 g/mol. The monoisotopic (exact) mass is 250 g/mol. The van der Waals surface area contributed by atoms with Crippen molar-refractivity contribution in [2.24, 2.45) is 0 Å². The number of halogens is 1. The number of amides is 1. The van der Waals surface area contributed by atoms with Crippen LogP contribution in [0.15, 0.2) is 18.2 Å². The molecule has 1 aromatic rings. The Labute approximate surface area is 107 Å². The SMILES string of the molecule is Cc1ccc(C(=O)N(C)C(C)CC#N)c(Cl)c1. The first-order valence-corrected chi connectivity index (χ1v) is 5.75. The molecule has 1 unspecified atom stereocenters. The van der Waals surface area contributed by atoms with Gasteiger partial charge in [0.15, 0.2) is 0 Å². The standard InChI is InChI=1S/C13H15ClN2O/c1-9-4-5-11(12(14)8-9)13(17)16(3)10(2)6-7-15/h4-5,8,10H,6H2,1-3H3. The van der Waals surface area contributed by atoms with Crippen LogP contribution in [-0.2, 0) is 0 Å². The Morgan fingerprint density at radius 1 is 1.59 bits per heavy atom. The first-order valence-electron chi connectivity index (χ1n) is 5.37. The van der Waals surface area contributed by atoms with Crippen LogP contribution in [0.1, 0.15) is 29.3 Å². The van der Waals surface area contributed by atoms with Gasteiger partial charge in [0.25, 0.3) is 5.91 Å². The van der Waals surface area contributed by atoms with Gasteiger partial charge in [0, 0.05) is 13.1 Å². The molecule has 0 aliphatic rings. The van der Waals surface area contributed by atoms with Crippen molar-refractivity contribution in [2.75, 3.05) is 7.05 Å². The number of hydrogen-bond acceptors (Lipinski definition) is 2. The van der Waals surface area contributed by atoms with Crippen LogP contribution in [0.4, 0.5) is 0 Å². The summed E-state index contributed by atoms with van der Waals surface area (Å²) in [5.74, 6) is -0.155. The van der Waals surface area contributed by atoms with Crippen LogP contribution in [0, 0.1) is 18.3 Å². The Hall–Kier alpha value is -1.53. The highest BCUT2D eigenvalue weighted by Gasteiger charge is 2.19. The van der Waals surface area contributed by atoms with E-state index < -0.39 is 0 Å². The van der Waals surface area contributed by atoms with Crippen LogP contribution < -0.4 is 0 Å². The second kappa shape index (κ2) is 5.70. The van der Waals surface area contributed by atoms with Crippen LogP contribution in [0.3, 0.4) is 0 Å². The topological polar surface area (TPSA) is 44.1 Å². The fraction of sp³-hybridized carbons (Fsp3) is 0.385. The normalized spacial score (nSPS) is 11.7. The largest absolute Gasteiger partial charge is 0.338 e. The number of hydrogen-bond donors (Lipinski definition) is 0. The molecule has 0 radical (unpaired) electrons. The number of nitriles is 1. The minimum absolute atomic E-state index is 0.120. The first-order chi connectivity index (χ1) is 7.97.